The standard InChI is InChI=1S/C10H4Cl2N2/c11-8-3-4-9(12)10-7(8)2-1-6(5-13)14-10/h1-4H. The number of fused-ring (bicyclic) bond motifs is 1. The first-order valence-corrected chi connectivity index (χ1v) is 4.63. The molecule has 68 valence electrons. The van der Waals surface area contributed by atoms with E-state index in [9.17, 15) is 0 Å². The summed E-state index contributed by atoms with van der Waals surface area (Å²) in [5.41, 5.74) is 0.903. The average molecular weight is 223 g/mol. The summed E-state index contributed by atoms with van der Waals surface area (Å²) in [6, 6.07) is 8.69. The minimum atomic E-state index is 0.335. The lowest BCUT2D eigenvalue weighted by molar-refractivity contribution is 1.32. The molecule has 2 aromatic rings. The summed E-state index contributed by atoms with van der Waals surface area (Å²) < 4.78 is 0. The van der Waals surface area contributed by atoms with Crippen molar-refractivity contribution in [2.75, 3.05) is 0 Å². The number of nitrogens with zero attached hydrogens (tertiary/aromatic N) is 2. The number of halogens is 2. The van der Waals surface area contributed by atoms with Crippen LogP contribution in [-0.2, 0) is 0 Å². The Morgan fingerprint density at radius 3 is 2.50 bits per heavy atom. The maximum absolute atomic E-state index is 8.67. The maximum Gasteiger partial charge on any atom is 0.141 e. The highest BCUT2D eigenvalue weighted by molar-refractivity contribution is 6.39. The SMILES string of the molecule is N#Cc1ccc2c(Cl)ccc(Cl)c2n1. The smallest absolute Gasteiger partial charge is 0.141 e. The molecule has 14 heavy (non-hydrogen) atoms. The van der Waals surface area contributed by atoms with E-state index >= 15 is 0 Å². The fraction of sp³-hybridized carbons (Fsp3) is 0. The van der Waals surface area contributed by atoms with Crippen LogP contribution in [0.1, 0.15) is 5.69 Å². The number of hydrogen-bond acceptors (Lipinski definition) is 2. The number of hydrogen-bond donors (Lipinski definition) is 0. The van der Waals surface area contributed by atoms with Crippen LogP contribution in [0.25, 0.3) is 10.9 Å². The Morgan fingerprint density at radius 1 is 1.07 bits per heavy atom. The van der Waals surface area contributed by atoms with Crippen molar-refractivity contribution >= 4 is 34.1 Å². The maximum atomic E-state index is 8.67. The van der Waals surface area contributed by atoms with Gasteiger partial charge >= 0.3 is 0 Å². The van der Waals surface area contributed by atoms with Gasteiger partial charge < -0.3 is 0 Å². The zero-order valence-corrected chi connectivity index (χ0v) is 8.47. The third-order valence-electron chi connectivity index (χ3n) is 1.87. The van der Waals surface area contributed by atoms with Crippen molar-refractivity contribution < 1.29 is 0 Å². The first kappa shape index (κ1) is 9.26. The molecule has 4 heteroatoms. The van der Waals surface area contributed by atoms with Crippen LogP contribution in [0.3, 0.4) is 0 Å². The molecule has 0 aliphatic carbocycles. The van der Waals surface area contributed by atoms with Gasteiger partial charge in [-0.05, 0) is 24.3 Å². The molecule has 0 atom stereocenters. The zero-order chi connectivity index (χ0) is 10.1. The van der Waals surface area contributed by atoms with Crippen LogP contribution in [0.4, 0.5) is 0 Å². The van der Waals surface area contributed by atoms with E-state index in [0.29, 0.717) is 21.3 Å². The summed E-state index contributed by atoms with van der Waals surface area (Å²) in [6.07, 6.45) is 0. The minimum Gasteiger partial charge on any atom is -0.235 e. The van der Waals surface area contributed by atoms with Crippen molar-refractivity contribution in [1.29, 1.82) is 5.26 Å². The average Bonchev–Trinajstić information content (AvgIpc) is 2.23. The second-order valence-corrected chi connectivity index (χ2v) is 3.55. The Balaban J connectivity index is 2.89. The second kappa shape index (κ2) is 3.45. The van der Waals surface area contributed by atoms with Gasteiger partial charge in [0.05, 0.1) is 15.6 Å². The molecule has 0 bridgehead atoms. The van der Waals surface area contributed by atoms with Crippen LogP contribution >= 0.6 is 23.2 Å². The molecule has 1 aromatic carbocycles. The molecule has 0 radical (unpaired) electrons. The van der Waals surface area contributed by atoms with Crippen LogP contribution in [0, 0.1) is 11.3 Å². The van der Waals surface area contributed by atoms with Gasteiger partial charge in [0, 0.05) is 5.39 Å². The van der Waals surface area contributed by atoms with Crippen LogP contribution in [0.2, 0.25) is 10.0 Å². The fourth-order valence-electron chi connectivity index (χ4n) is 1.21. The number of benzene rings is 1. The molecule has 2 rings (SSSR count). The number of rotatable bonds is 0. The van der Waals surface area contributed by atoms with Crippen molar-refractivity contribution in [2.24, 2.45) is 0 Å². The summed E-state index contributed by atoms with van der Waals surface area (Å²) >= 11 is 11.9. The normalized spacial score (nSPS) is 10.1. The summed E-state index contributed by atoms with van der Waals surface area (Å²) in [5.74, 6) is 0. The zero-order valence-electron chi connectivity index (χ0n) is 6.96. The number of pyridine rings is 1. The Kier molecular flexibility index (Phi) is 2.28. The van der Waals surface area contributed by atoms with Crippen LogP contribution in [0.15, 0.2) is 24.3 Å². The lowest BCUT2D eigenvalue weighted by atomic mass is 10.2. The van der Waals surface area contributed by atoms with E-state index in [-0.39, 0.29) is 0 Å². The summed E-state index contributed by atoms with van der Waals surface area (Å²) in [4.78, 5) is 4.08. The molecule has 1 heterocycles. The highest BCUT2D eigenvalue weighted by Crippen LogP contribution is 2.28. The third kappa shape index (κ3) is 1.41. The second-order valence-electron chi connectivity index (χ2n) is 2.73. The lowest BCUT2D eigenvalue weighted by Crippen LogP contribution is -1.85. The Hall–Kier alpha value is -1.30. The van der Waals surface area contributed by atoms with Crippen molar-refractivity contribution in [3.05, 3.63) is 40.0 Å². The van der Waals surface area contributed by atoms with Crippen molar-refractivity contribution in [3.8, 4) is 6.07 Å². The van der Waals surface area contributed by atoms with E-state index in [4.69, 9.17) is 28.5 Å². The van der Waals surface area contributed by atoms with Gasteiger partial charge in [0.15, 0.2) is 0 Å². The highest BCUT2D eigenvalue weighted by atomic mass is 35.5. The fourth-order valence-corrected chi connectivity index (χ4v) is 1.63. The Bertz CT molecular complexity index is 544. The van der Waals surface area contributed by atoms with Gasteiger partial charge in [-0.25, -0.2) is 4.98 Å². The predicted octanol–water partition coefficient (Wildman–Crippen LogP) is 3.41. The van der Waals surface area contributed by atoms with Crippen LogP contribution in [-0.4, -0.2) is 4.98 Å². The van der Waals surface area contributed by atoms with Gasteiger partial charge in [-0.2, -0.15) is 5.26 Å². The first-order chi connectivity index (χ1) is 6.72. The summed E-state index contributed by atoms with van der Waals surface area (Å²) in [6.45, 7) is 0. The minimum absolute atomic E-state index is 0.335. The molecule has 0 N–H and O–H groups in total. The highest BCUT2D eigenvalue weighted by Gasteiger charge is 2.05. The summed E-state index contributed by atoms with van der Waals surface area (Å²) in [5, 5.41) is 10.5. The molecule has 2 nitrogen and oxygen atoms in total. The van der Waals surface area contributed by atoms with Crippen LogP contribution in [0.5, 0.6) is 0 Å². The molecule has 0 amide bonds. The van der Waals surface area contributed by atoms with Crippen molar-refractivity contribution in [3.63, 3.8) is 0 Å². The molecule has 0 aliphatic heterocycles. The van der Waals surface area contributed by atoms with Crippen LogP contribution < -0.4 is 0 Å². The van der Waals surface area contributed by atoms with E-state index < -0.39 is 0 Å². The molecular formula is C10H4Cl2N2. The third-order valence-corrected chi connectivity index (χ3v) is 2.50. The van der Waals surface area contributed by atoms with Gasteiger partial charge in [0.25, 0.3) is 0 Å². The lowest BCUT2D eigenvalue weighted by Gasteiger charge is -2.01. The van der Waals surface area contributed by atoms with Crippen molar-refractivity contribution in [1.82, 2.24) is 4.98 Å². The predicted molar refractivity (Wildman–Crippen MR) is 56.5 cm³/mol. The van der Waals surface area contributed by atoms with Crippen molar-refractivity contribution in [2.45, 2.75) is 0 Å². The molecule has 1 aromatic heterocycles. The molecule has 0 fully saturated rings. The Morgan fingerprint density at radius 2 is 1.79 bits per heavy atom. The van der Waals surface area contributed by atoms with Gasteiger partial charge in [-0.1, -0.05) is 23.2 Å². The van der Waals surface area contributed by atoms with E-state index in [2.05, 4.69) is 4.98 Å². The first-order valence-electron chi connectivity index (χ1n) is 3.87. The quantitative estimate of drug-likeness (QED) is 0.686. The van der Waals surface area contributed by atoms with E-state index in [1.165, 1.54) is 0 Å². The van der Waals surface area contributed by atoms with Gasteiger partial charge in [-0.15, -0.1) is 0 Å². The number of nitriles is 1. The largest absolute Gasteiger partial charge is 0.235 e. The molecule has 0 saturated heterocycles. The molecule has 0 saturated carbocycles. The van der Waals surface area contributed by atoms with Gasteiger partial charge in [-0.3, -0.25) is 0 Å². The Labute approximate surface area is 90.7 Å². The van der Waals surface area contributed by atoms with E-state index in [1.807, 2.05) is 6.07 Å². The van der Waals surface area contributed by atoms with Gasteiger partial charge in [0.2, 0.25) is 0 Å². The molecule has 0 aliphatic rings. The monoisotopic (exact) mass is 222 g/mol. The molecule has 0 unspecified atom stereocenters. The topological polar surface area (TPSA) is 36.7 Å². The van der Waals surface area contributed by atoms with E-state index in [0.717, 1.165) is 5.39 Å². The van der Waals surface area contributed by atoms with Gasteiger partial charge in [0.1, 0.15) is 11.8 Å². The number of aromatic nitrogens is 1. The summed E-state index contributed by atoms with van der Waals surface area (Å²) in [7, 11) is 0. The molecular weight excluding hydrogens is 219 g/mol. The van der Waals surface area contributed by atoms with E-state index in [1.54, 1.807) is 24.3 Å². The molecule has 0 spiro atoms.